The number of carbonyl (C=O) groups excluding carboxylic acids is 1. The normalized spacial score (nSPS) is 20.0. The van der Waals surface area contributed by atoms with Crippen molar-refractivity contribution >= 4 is 16.7 Å². The molecule has 0 unspecified atom stereocenters. The summed E-state index contributed by atoms with van der Waals surface area (Å²) in [6.07, 6.45) is 4.53. The third-order valence-corrected chi connectivity index (χ3v) is 6.86. The lowest BCUT2D eigenvalue weighted by Crippen LogP contribution is -2.51. The summed E-state index contributed by atoms with van der Waals surface area (Å²) >= 11 is 0. The Hall–Kier alpha value is -2.65. The number of carbonyl (C=O) groups is 1. The summed E-state index contributed by atoms with van der Waals surface area (Å²) in [5, 5.41) is 2.17. The molecule has 0 saturated carbocycles. The van der Waals surface area contributed by atoms with Gasteiger partial charge in [0.05, 0.1) is 0 Å². The lowest BCUT2D eigenvalue weighted by molar-refractivity contribution is 0.0557. The number of nitrogens with zero attached hydrogens (tertiary/aromatic N) is 2. The van der Waals surface area contributed by atoms with E-state index in [1.165, 1.54) is 11.1 Å². The molecule has 1 heterocycles. The summed E-state index contributed by atoms with van der Waals surface area (Å²) in [5.41, 5.74) is 3.82. The molecule has 148 valence electrons. The average molecular weight is 385 g/mol. The van der Waals surface area contributed by atoms with Gasteiger partial charge in [-0.3, -0.25) is 9.69 Å². The summed E-state index contributed by atoms with van der Waals surface area (Å²) in [6.45, 7) is 2.12. The first kappa shape index (κ1) is 18.4. The average Bonchev–Trinajstić information content (AvgIpc) is 3.22. The molecule has 29 heavy (non-hydrogen) atoms. The topological polar surface area (TPSA) is 23.6 Å². The Morgan fingerprint density at radius 2 is 1.62 bits per heavy atom. The van der Waals surface area contributed by atoms with Crippen LogP contribution in [0, 0.1) is 0 Å². The van der Waals surface area contributed by atoms with Crippen molar-refractivity contribution in [3.05, 3.63) is 83.4 Å². The number of benzene rings is 3. The van der Waals surface area contributed by atoms with Gasteiger partial charge >= 0.3 is 0 Å². The highest BCUT2D eigenvalue weighted by molar-refractivity contribution is 6.07. The number of rotatable bonds is 3. The molecule has 0 N–H and O–H groups in total. The van der Waals surface area contributed by atoms with E-state index in [4.69, 9.17) is 0 Å². The van der Waals surface area contributed by atoms with Crippen LogP contribution >= 0.6 is 0 Å². The van der Waals surface area contributed by atoms with E-state index in [0.717, 1.165) is 55.1 Å². The van der Waals surface area contributed by atoms with Gasteiger partial charge in [-0.2, -0.15) is 0 Å². The van der Waals surface area contributed by atoms with Gasteiger partial charge in [-0.25, -0.2) is 0 Å². The van der Waals surface area contributed by atoms with Gasteiger partial charge < -0.3 is 4.90 Å². The van der Waals surface area contributed by atoms with Gasteiger partial charge in [0.1, 0.15) is 0 Å². The SMILES string of the molecule is CN(C(=O)c1cccc2ccccc12)[C@H]1CCCN(C2Cc3ccccc3C2)C1. The number of hydrogen-bond donors (Lipinski definition) is 0. The van der Waals surface area contributed by atoms with Crippen LogP contribution in [0.15, 0.2) is 66.7 Å². The molecule has 0 spiro atoms. The third-order valence-electron chi connectivity index (χ3n) is 6.86. The van der Waals surface area contributed by atoms with Gasteiger partial charge in [0.15, 0.2) is 0 Å². The Kier molecular flexibility index (Phi) is 4.84. The third kappa shape index (κ3) is 3.44. The van der Waals surface area contributed by atoms with Crippen molar-refractivity contribution < 1.29 is 4.79 Å². The summed E-state index contributed by atoms with van der Waals surface area (Å²) < 4.78 is 0. The van der Waals surface area contributed by atoms with Crippen molar-refractivity contribution in [3.8, 4) is 0 Å². The Balaban J connectivity index is 1.32. The fourth-order valence-electron chi connectivity index (χ4n) is 5.19. The summed E-state index contributed by atoms with van der Waals surface area (Å²) in [7, 11) is 1.99. The van der Waals surface area contributed by atoms with E-state index < -0.39 is 0 Å². The van der Waals surface area contributed by atoms with E-state index in [-0.39, 0.29) is 11.9 Å². The summed E-state index contributed by atoms with van der Waals surface area (Å²) in [4.78, 5) is 18.0. The van der Waals surface area contributed by atoms with Crippen LogP contribution in [0.25, 0.3) is 10.8 Å². The van der Waals surface area contributed by atoms with Crippen LogP contribution in [0.1, 0.15) is 34.3 Å². The molecule has 3 nitrogen and oxygen atoms in total. The van der Waals surface area contributed by atoms with Crippen molar-refractivity contribution in [1.29, 1.82) is 0 Å². The smallest absolute Gasteiger partial charge is 0.254 e. The fraction of sp³-hybridized carbons (Fsp3) is 0.346. The number of hydrogen-bond acceptors (Lipinski definition) is 2. The second kappa shape index (κ2) is 7.64. The molecule has 1 atom stereocenters. The number of likely N-dealkylation sites (N-methyl/N-ethyl adjacent to an activating group) is 1. The predicted molar refractivity (Wildman–Crippen MR) is 118 cm³/mol. The van der Waals surface area contributed by atoms with Gasteiger partial charge in [0.25, 0.3) is 5.91 Å². The second-order valence-electron chi connectivity index (χ2n) is 8.56. The van der Waals surface area contributed by atoms with Gasteiger partial charge in [0, 0.05) is 31.2 Å². The maximum atomic E-state index is 13.4. The zero-order chi connectivity index (χ0) is 19.8. The number of fused-ring (bicyclic) bond motifs is 2. The van der Waals surface area contributed by atoms with E-state index >= 15 is 0 Å². The van der Waals surface area contributed by atoms with Crippen LogP contribution in [0.5, 0.6) is 0 Å². The highest BCUT2D eigenvalue weighted by Crippen LogP contribution is 2.29. The van der Waals surface area contributed by atoms with Gasteiger partial charge in [0.2, 0.25) is 0 Å². The van der Waals surface area contributed by atoms with Crippen LogP contribution in [0.2, 0.25) is 0 Å². The van der Waals surface area contributed by atoms with Crippen molar-refractivity contribution in [2.75, 3.05) is 20.1 Å². The molecule has 1 aliphatic carbocycles. The molecular formula is C26H28N2O. The molecular weight excluding hydrogens is 356 g/mol. The first-order valence-electron chi connectivity index (χ1n) is 10.8. The largest absolute Gasteiger partial charge is 0.337 e. The minimum atomic E-state index is 0.142. The van der Waals surface area contributed by atoms with Gasteiger partial charge in [-0.05, 0) is 60.2 Å². The Morgan fingerprint density at radius 1 is 0.931 bits per heavy atom. The highest BCUT2D eigenvalue weighted by atomic mass is 16.2. The lowest BCUT2D eigenvalue weighted by Gasteiger charge is -2.40. The second-order valence-corrected chi connectivity index (χ2v) is 8.56. The predicted octanol–water partition coefficient (Wildman–Crippen LogP) is 4.54. The van der Waals surface area contributed by atoms with E-state index in [9.17, 15) is 4.79 Å². The Morgan fingerprint density at radius 3 is 2.41 bits per heavy atom. The molecule has 0 bridgehead atoms. The van der Waals surface area contributed by atoms with Crippen molar-refractivity contribution in [1.82, 2.24) is 9.80 Å². The quantitative estimate of drug-likeness (QED) is 0.662. The van der Waals surface area contributed by atoms with E-state index in [2.05, 4.69) is 47.4 Å². The van der Waals surface area contributed by atoms with E-state index in [1.54, 1.807) is 0 Å². The van der Waals surface area contributed by atoms with Crippen LogP contribution in [-0.4, -0.2) is 47.9 Å². The van der Waals surface area contributed by atoms with Gasteiger partial charge in [-0.15, -0.1) is 0 Å². The monoisotopic (exact) mass is 384 g/mol. The molecule has 3 aromatic rings. The summed E-state index contributed by atoms with van der Waals surface area (Å²) in [5.74, 6) is 0.142. The first-order valence-corrected chi connectivity index (χ1v) is 10.8. The first-order chi connectivity index (χ1) is 14.2. The van der Waals surface area contributed by atoms with Gasteiger partial charge in [-0.1, -0.05) is 60.7 Å². The molecule has 1 aliphatic heterocycles. The Bertz CT molecular complexity index is 1010. The minimum absolute atomic E-state index is 0.142. The van der Waals surface area contributed by atoms with Crippen molar-refractivity contribution in [3.63, 3.8) is 0 Å². The molecule has 2 aliphatic rings. The molecule has 1 fully saturated rings. The van der Waals surface area contributed by atoms with Crippen LogP contribution in [0.4, 0.5) is 0 Å². The zero-order valence-corrected chi connectivity index (χ0v) is 17.1. The molecule has 1 saturated heterocycles. The maximum absolute atomic E-state index is 13.4. The standard InChI is InChI=1S/C26H28N2O/c1-27(26(29)25-14-6-11-19-8-4-5-13-24(19)25)22-12-7-15-28(18-22)23-16-20-9-2-3-10-21(20)17-23/h2-6,8-11,13-14,22-23H,7,12,15-18H2,1H3/t22-/m0/s1. The number of piperidine rings is 1. The van der Waals surface area contributed by atoms with Crippen LogP contribution < -0.4 is 0 Å². The molecule has 5 rings (SSSR count). The van der Waals surface area contributed by atoms with E-state index in [1.807, 2.05) is 36.2 Å². The molecule has 0 radical (unpaired) electrons. The lowest BCUT2D eigenvalue weighted by atomic mass is 9.99. The minimum Gasteiger partial charge on any atom is -0.337 e. The number of amides is 1. The highest BCUT2D eigenvalue weighted by Gasteiger charge is 2.33. The molecule has 3 heteroatoms. The van der Waals surface area contributed by atoms with Crippen molar-refractivity contribution in [2.24, 2.45) is 0 Å². The molecule has 3 aromatic carbocycles. The van der Waals surface area contributed by atoms with Crippen molar-refractivity contribution in [2.45, 2.75) is 37.8 Å². The molecule has 0 aromatic heterocycles. The number of likely N-dealkylation sites (tertiary alicyclic amines) is 1. The zero-order valence-electron chi connectivity index (χ0n) is 17.1. The summed E-state index contributed by atoms with van der Waals surface area (Å²) in [6, 6.07) is 23.9. The maximum Gasteiger partial charge on any atom is 0.254 e. The van der Waals surface area contributed by atoms with Crippen LogP contribution in [-0.2, 0) is 12.8 Å². The fourth-order valence-corrected chi connectivity index (χ4v) is 5.19. The van der Waals surface area contributed by atoms with E-state index in [0.29, 0.717) is 6.04 Å². The van der Waals surface area contributed by atoms with Crippen LogP contribution in [0.3, 0.4) is 0 Å². The molecule has 1 amide bonds. The Labute approximate surface area is 172 Å².